The van der Waals surface area contributed by atoms with Gasteiger partial charge in [0.2, 0.25) is 10.0 Å². The van der Waals surface area contributed by atoms with Crippen LogP contribution < -0.4 is 9.47 Å². The summed E-state index contributed by atoms with van der Waals surface area (Å²) in [6.45, 7) is 6.11. The van der Waals surface area contributed by atoms with Crippen LogP contribution in [0.5, 0.6) is 11.5 Å². The van der Waals surface area contributed by atoms with Crippen LogP contribution in [-0.2, 0) is 27.8 Å². The van der Waals surface area contributed by atoms with Gasteiger partial charge in [-0.05, 0) is 80.3 Å². The number of nitrogens with zero attached hydrogens (tertiary/aromatic N) is 2. The average Bonchev–Trinajstić information content (AvgIpc) is 2.79. The smallest absolute Gasteiger partial charge is 0.243 e. The van der Waals surface area contributed by atoms with Crippen molar-refractivity contribution in [3.05, 3.63) is 52.6 Å². The van der Waals surface area contributed by atoms with Crippen LogP contribution in [0.15, 0.2) is 35.2 Å². The molecule has 3 rings (SSSR count). The Morgan fingerprint density at radius 3 is 2.44 bits per heavy atom. The average molecular weight is 489 g/mol. The maximum absolute atomic E-state index is 13.1. The summed E-state index contributed by atoms with van der Waals surface area (Å²) in [6, 6.07) is 9.63. The third-order valence-electron chi connectivity index (χ3n) is 6.29. The van der Waals surface area contributed by atoms with Crippen molar-refractivity contribution in [3.8, 4) is 11.5 Å². The number of hydrogen-bond donors (Lipinski definition) is 0. The monoisotopic (exact) mass is 488 g/mol. The van der Waals surface area contributed by atoms with Crippen molar-refractivity contribution in [1.29, 1.82) is 0 Å². The first-order chi connectivity index (χ1) is 16.1. The molecule has 0 radical (unpaired) electrons. The zero-order valence-corrected chi connectivity index (χ0v) is 21.7. The molecule has 0 saturated carbocycles. The van der Waals surface area contributed by atoms with Crippen LogP contribution in [-0.4, -0.2) is 64.3 Å². The zero-order chi connectivity index (χ0) is 24.9. The molecule has 0 spiro atoms. The Labute approximate surface area is 203 Å². The van der Waals surface area contributed by atoms with E-state index in [2.05, 4.69) is 24.1 Å². The molecule has 0 aromatic heterocycles. The normalized spacial score (nSPS) is 14.2. The number of ether oxygens (including phenoxy) is 2. The van der Waals surface area contributed by atoms with E-state index < -0.39 is 10.0 Å². The highest BCUT2D eigenvalue weighted by molar-refractivity contribution is 7.89. The van der Waals surface area contributed by atoms with Gasteiger partial charge in [0.25, 0.3) is 0 Å². The van der Waals surface area contributed by atoms with Gasteiger partial charge in [-0.25, -0.2) is 12.7 Å². The van der Waals surface area contributed by atoms with Crippen LogP contribution in [0.3, 0.4) is 0 Å². The molecule has 0 amide bonds. The van der Waals surface area contributed by atoms with E-state index in [-0.39, 0.29) is 23.6 Å². The molecule has 0 unspecified atom stereocenters. The summed E-state index contributed by atoms with van der Waals surface area (Å²) in [5.74, 6) is 1.48. The highest BCUT2D eigenvalue weighted by Crippen LogP contribution is 2.28. The van der Waals surface area contributed by atoms with E-state index in [1.807, 2.05) is 6.07 Å². The molecule has 1 aliphatic rings. The van der Waals surface area contributed by atoms with Crippen molar-refractivity contribution in [1.82, 2.24) is 9.21 Å². The largest absolute Gasteiger partial charge is 0.497 e. The van der Waals surface area contributed by atoms with Crippen molar-refractivity contribution in [2.75, 3.05) is 40.9 Å². The molecule has 1 aliphatic heterocycles. The van der Waals surface area contributed by atoms with Gasteiger partial charge in [-0.15, -0.1) is 0 Å². The van der Waals surface area contributed by atoms with E-state index in [1.165, 1.54) is 22.5 Å². The minimum atomic E-state index is -3.70. The van der Waals surface area contributed by atoms with Crippen LogP contribution in [0, 0.1) is 13.8 Å². The fourth-order valence-electron chi connectivity index (χ4n) is 4.34. The van der Waals surface area contributed by atoms with Crippen LogP contribution in [0.1, 0.15) is 41.5 Å². The Morgan fingerprint density at radius 1 is 1.06 bits per heavy atom. The SMILES string of the molecule is COc1cc(C)c(S(=O)(=O)N(C)CCC(=O)CCCOc2ccc3c(c2)CN(C)CC3)c(C)c1. The van der Waals surface area contributed by atoms with E-state index in [9.17, 15) is 13.2 Å². The van der Waals surface area contributed by atoms with Crippen LogP contribution in [0.25, 0.3) is 0 Å². The lowest BCUT2D eigenvalue weighted by Crippen LogP contribution is -2.30. The maximum Gasteiger partial charge on any atom is 0.243 e. The van der Waals surface area contributed by atoms with Crippen LogP contribution in [0.4, 0.5) is 0 Å². The van der Waals surface area contributed by atoms with E-state index in [4.69, 9.17) is 9.47 Å². The lowest BCUT2D eigenvalue weighted by molar-refractivity contribution is -0.119. The molecular weight excluding hydrogens is 452 g/mol. The summed E-state index contributed by atoms with van der Waals surface area (Å²) in [6.07, 6.45) is 2.20. The first-order valence-electron chi connectivity index (χ1n) is 11.7. The summed E-state index contributed by atoms with van der Waals surface area (Å²) >= 11 is 0. The molecule has 0 bridgehead atoms. The van der Waals surface area contributed by atoms with E-state index in [0.29, 0.717) is 36.3 Å². The Hall–Kier alpha value is -2.42. The summed E-state index contributed by atoms with van der Waals surface area (Å²) in [5.41, 5.74) is 3.93. The highest BCUT2D eigenvalue weighted by Gasteiger charge is 2.25. The fraction of sp³-hybridized carbons (Fsp3) is 0.500. The third-order valence-corrected chi connectivity index (χ3v) is 8.46. The van der Waals surface area contributed by atoms with Gasteiger partial charge in [-0.1, -0.05) is 6.07 Å². The van der Waals surface area contributed by atoms with Crippen LogP contribution >= 0.6 is 0 Å². The molecule has 1 heterocycles. The number of Topliss-reactive ketones (excluding diaryl/α,β-unsaturated/α-hetero) is 1. The number of rotatable bonds is 11. The number of methoxy groups -OCH3 is 1. The molecule has 34 heavy (non-hydrogen) atoms. The van der Waals surface area contributed by atoms with Gasteiger partial charge in [0.1, 0.15) is 17.3 Å². The van der Waals surface area contributed by atoms with E-state index in [0.717, 1.165) is 25.3 Å². The topological polar surface area (TPSA) is 76.2 Å². The number of fused-ring (bicyclic) bond motifs is 1. The van der Waals surface area contributed by atoms with Crippen molar-refractivity contribution in [3.63, 3.8) is 0 Å². The summed E-state index contributed by atoms with van der Waals surface area (Å²) in [5, 5.41) is 0. The molecule has 0 aliphatic carbocycles. The molecule has 0 N–H and O–H groups in total. The summed E-state index contributed by atoms with van der Waals surface area (Å²) in [7, 11) is 1.49. The maximum atomic E-state index is 13.1. The van der Waals surface area contributed by atoms with Crippen molar-refractivity contribution < 1.29 is 22.7 Å². The minimum Gasteiger partial charge on any atom is -0.497 e. The first-order valence-corrected chi connectivity index (χ1v) is 13.1. The lowest BCUT2D eigenvalue weighted by atomic mass is 10.00. The number of aryl methyl sites for hydroxylation is 2. The summed E-state index contributed by atoms with van der Waals surface area (Å²) < 4.78 is 38.5. The standard InChI is InChI=1S/C26H36N2O5S/c1-19-15-25(32-5)16-20(2)26(19)34(30,31)28(4)13-11-23(29)7-6-14-33-24-9-8-21-10-12-27(3)18-22(21)17-24/h8-9,15-17H,6-7,10-14,18H2,1-5H3. The van der Waals surface area contributed by atoms with E-state index >= 15 is 0 Å². The number of sulfonamides is 1. The quantitative estimate of drug-likeness (QED) is 0.449. The minimum absolute atomic E-state index is 0.0286. The molecule has 0 saturated heterocycles. The predicted octanol–water partition coefficient (Wildman–Crippen LogP) is 3.74. The van der Waals surface area contributed by atoms with Crippen molar-refractivity contribution >= 4 is 15.8 Å². The summed E-state index contributed by atoms with van der Waals surface area (Å²) in [4.78, 5) is 14.9. The first kappa shape index (κ1) is 26.2. The van der Waals surface area contributed by atoms with Gasteiger partial charge in [-0.3, -0.25) is 4.79 Å². The number of likely N-dealkylation sites (N-methyl/N-ethyl adjacent to an activating group) is 1. The van der Waals surface area contributed by atoms with Gasteiger partial charge >= 0.3 is 0 Å². The van der Waals surface area contributed by atoms with Gasteiger partial charge in [0, 0.05) is 39.5 Å². The number of hydrogen-bond acceptors (Lipinski definition) is 6. The predicted molar refractivity (Wildman–Crippen MR) is 133 cm³/mol. The van der Waals surface area contributed by atoms with E-state index in [1.54, 1.807) is 33.1 Å². The molecule has 0 fully saturated rings. The molecule has 8 heteroatoms. The molecule has 186 valence electrons. The zero-order valence-electron chi connectivity index (χ0n) is 20.9. The second-order valence-electron chi connectivity index (χ2n) is 9.08. The van der Waals surface area contributed by atoms with Crippen molar-refractivity contribution in [2.24, 2.45) is 0 Å². The molecule has 0 atom stereocenters. The van der Waals surface area contributed by atoms with Crippen molar-refractivity contribution in [2.45, 2.75) is 51.0 Å². The lowest BCUT2D eigenvalue weighted by Gasteiger charge is -2.25. The van der Waals surface area contributed by atoms with Gasteiger partial charge in [-0.2, -0.15) is 0 Å². The molecular formula is C26H36N2O5S. The van der Waals surface area contributed by atoms with Crippen LogP contribution in [0.2, 0.25) is 0 Å². The number of benzene rings is 2. The fourth-order valence-corrected chi connectivity index (χ4v) is 5.92. The second-order valence-corrected chi connectivity index (χ2v) is 11.1. The number of carbonyl (C=O) groups excluding carboxylic acids is 1. The second kappa shape index (κ2) is 11.3. The number of ketones is 1. The van der Waals surface area contributed by atoms with Gasteiger partial charge in [0.05, 0.1) is 18.6 Å². The molecule has 7 nitrogen and oxygen atoms in total. The highest BCUT2D eigenvalue weighted by atomic mass is 32.2. The Kier molecular flexibility index (Phi) is 8.73. The van der Waals surface area contributed by atoms with Gasteiger partial charge in [0.15, 0.2) is 0 Å². The Morgan fingerprint density at radius 2 is 1.76 bits per heavy atom. The van der Waals surface area contributed by atoms with Gasteiger partial charge < -0.3 is 14.4 Å². The third kappa shape index (κ3) is 6.37. The number of carbonyl (C=O) groups is 1. The Balaban J connectivity index is 1.46. The molecule has 2 aromatic rings. The molecule has 2 aromatic carbocycles. The Bertz CT molecular complexity index is 1110.